The third-order valence-corrected chi connectivity index (χ3v) is 5.19. The Hall–Kier alpha value is -0.730. The molecule has 0 heterocycles. The summed E-state index contributed by atoms with van der Waals surface area (Å²) in [4.78, 5) is 2.45. The number of allylic oxidation sites excluding steroid dienone is 4. The molecule has 126 valence electrons. The average Bonchev–Trinajstić information content (AvgIpc) is 2.48. The molecule has 2 heteroatoms. The van der Waals surface area contributed by atoms with Crippen molar-refractivity contribution in [2.75, 3.05) is 6.54 Å². The molecular weight excluding hydrogens is 286 g/mol. The first-order valence-corrected chi connectivity index (χ1v) is 9.33. The standard InChI is InChI=1S/C20H35NS/c1-7-9-13-19(14-15-21)17(5)11-10-12-18(6)22-20(8-2)16(3)4/h8,19H,3,5-7,9-15,21H2,1-2,4H3/b20-8+. The zero-order valence-corrected chi connectivity index (χ0v) is 15.7. The number of thioether (sulfide) groups is 1. The minimum absolute atomic E-state index is 0.604. The highest BCUT2D eigenvalue weighted by Crippen LogP contribution is 2.33. The number of rotatable bonds is 13. The maximum Gasteiger partial charge on any atom is 0.00990 e. The zero-order valence-electron chi connectivity index (χ0n) is 14.9. The molecule has 0 bridgehead atoms. The molecule has 1 atom stereocenters. The summed E-state index contributed by atoms with van der Waals surface area (Å²) in [6, 6.07) is 0. The maximum absolute atomic E-state index is 5.74. The van der Waals surface area contributed by atoms with Crippen molar-refractivity contribution in [1.82, 2.24) is 0 Å². The Morgan fingerprint density at radius 3 is 2.32 bits per heavy atom. The van der Waals surface area contributed by atoms with Gasteiger partial charge in [-0.15, -0.1) is 0 Å². The van der Waals surface area contributed by atoms with Crippen molar-refractivity contribution in [3.63, 3.8) is 0 Å². The summed E-state index contributed by atoms with van der Waals surface area (Å²) < 4.78 is 0. The van der Waals surface area contributed by atoms with Crippen molar-refractivity contribution in [3.8, 4) is 0 Å². The quantitative estimate of drug-likeness (QED) is 0.306. The van der Waals surface area contributed by atoms with Crippen LogP contribution in [0.3, 0.4) is 0 Å². The monoisotopic (exact) mass is 321 g/mol. The summed E-state index contributed by atoms with van der Waals surface area (Å²) >= 11 is 1.75. The van der Waals surface area contributed by atoms with E-state index in [9.17, 15) is 0 Å². The van der Waals surface area contributed by atoms with Crippen LogP contribution in [0.4, 0.5) is 0 Å². The van der Waals surface area contributed by atoms with Crippen LogP contribution in [0.2, 0.25) is 0 Å². The van der Waals surface area contributed by atoms with Crippen LogP contribution in [0.5, 0.6) is 0 Å². The van der Waals surface area contributed by atoms with Gasteiger partial charge in [-0.2, -0.15) is 0 Å². The van der Waals surface area contributed by atoms with Crippen LogP contribution in [0.1, 0.15) is 65.7 Å². The molecule has 0 radical (unpaired) electrons. The highest BCUT2D eigenvalue weighted by atomic mass is 32.2. The summed E-state index contributed by atoms with van der Waals surface area (Å²) in [6.07, 6.45) is 10.2. The lowest BCUT2D eigenvalue weighted by atomic mass is 9.88. The largest absolute Gasteiger partial charge is 0.330 e. The minimum atomic E-state index is 0.604. The Labute approximate surface area is 142 Å². The molecule has 0 fully saturated rings. The van der Waals surface area contributed by atoms with E-state index in [0.29, 0.717) is 5.92 Å². The van der Waals surface area contributed by atoms with E-state index in [1.165, 1.54) is 34.6 Å². The maximum atomic E-state index is 5.74. The van der Waals surface area contributed by atoms with Gasteiger partial charge >= 0.3 is 0 Å². The van der Waals surface area contributed by atoms with E-state index in [0.717, 1.165) is 37.8 Å². The highest BCUT2D eigenvalue weighted by molar-refractivity contribution is 8.06. The molecule has 2 N–H and O–H groups in total. The fraction of sp³-hybridized carbons (Fsp3) is 0.600. The molecule has 0 saturated heterocycles. The Kier molecular flexibility index (Phi) is 12.4. The van der Waals surface area contributed by atoms with Gasteiger partial charge < -0.3 is 5.73 Å². The Balaban J connectivity index is 4.18. The molecule has 0 saturated carbocycles. The van der Waals surface area contributed by atoms with E-state index in [1.54, 1.807) is 11.8 Å². The van der Waals surface area contributed by atoms with Gasteiger partial charge in [0, 0.05) is 4.91 Å². The normalized spacial score (nSPS) is 13.0. The van der Waals surface area contributed by atoms with Crippen molar-refractivity contribution < 1.29 is 0 Å². The number of nitrogens with two attached hydrogens (primary N) is 1. The molecule has 0 amide bonds. The summed E-state index contributed by atoms with van der Waals surface area (Å²) in [5.74, 6) is 0.604. The molecule has 0 aromatic heterocycles. The smallest absolute Gasteiger partial charge is 0.00990 e. The second-order valence-corrected chi connectivity index (χ2v) is 7.22. The molecule has 0 aromatic carbocycles. The van der Waals surface area contributed by atoms with Crippen LogP contribution >= 0.6 is 11.8 Å². The summed E-state index contributed by atoms with van der Waals surface area (Å²) in [6.45, 7) is 19.6. The first kappa shape index (κ1) is 21.3. The van der Waals surface area contributed by atoms with Crippen LogP contribution in [0.15, 0.2) is 46.8 Å². The minimum Gasteiger partial charge on any atom is -0.330 e. The van der Waals surface area contributed by atoms with E-state index in [2.05, 4.69) is 39.7 Å². The molecule has 1 nitrogen and oxygen atoms in total. The van der Waals surface area contributed by atoms with E-state index in [-0.39, 0.29) is 0 Å². The van der Waals surface area contributed by atoms with Gasteiger partial charge in [0.25, 0.3) is 0 Å². The van der Waals surface area contributed by atoms with E-state index >= 15 is 0 Å². The molecule has 0 aliphatic carbocycles. The van der Waals surface area contributed by atoms with Crippen molar-refractivity contribution in [2.24, 2.45) is 11.7 Å². The topological polar surface area (TPSA) is 26.0 Å². The predicted octanol–water partition coefficient (Wildman–Crippen LogP) is 6.59. The lowest BCUT2D eigenvalue weighted by Gasteiger charge is -2.19. The summed E-state index contributed by atoms with van der Waals surface area (Å²) in [5, 5.41) is 0. The van der Waals surface area contributed by atoms with Gasteiger partial charge in [0.05, 0.1) is 0 Å². The van der Waals surface area contributed by atoms with Crippen molar-refractivity contribution >= 4 is 11.8 Å². The van der Waals surface area contributed by atoms with Gasteiger partial charge in [0.1, 0.15) is 0 Å². The van der Waals surface area contributed by atoms with Crippen LogP contribution < -0.4 is 5.73 Å². The van der Waals surface area contributed by atoms with Gasteiger partial charge in [-0.1, -0.05) is 62.9 Å². The van der Waals surface area contributed by atoms with Gasteiger partial charge in [-0.05, 0) is 68.9 Å². The highest BCUT2D eigenvalue weighted by Gasteiger charge is 2.11. The number of unbranched alkanes of at least 4 members (excludes halogenated alkanes) is 1. The lowest BCUT2D eigenvalue weighted by Crippen LogP contribution is -2.11. The molecule has 0 spiro atoms. The van der Waals surface area contributed by atoms with E-state index in [1.807, 2.05) is 6.92 Å². The van der Waals surface area contributed by atoms with Crippen molar-refractivity contribution in [1.29, 1.82) is 0 Å². The predicted molar refractivity (Wildman–Crippen MR) is 105 cm³/mol. The fourth-order valence-electron chi connectivity index (χ4n) is 2.52. The van der Waals surface area contributed by atoms with Gasteiger partial charge in [-0.25, -0.2) is 0 Å². The Bertz CT molecular complexity index is 393. The summed E-state index contributed by atoms with van der Waals surface area (Å²) in [7, 11) is 0. The van der Waals surface area contributed by atoms with Crippen molar-refractivity contribution in [2.45, 2.75) is 65.7 Å². The lowest BCUT2D eigenvalue weighted by molar-refractivity contribution is 0.484. The van der Waals surface area contributed by atoms with Gasteiger partial charge in [-0.3, -0.25) is 0 Å². The molecule has 0 aromatic rings. The SMILES string of the molecule is C=C(CCCC(=C)C(CCN)CCCC)S/C(=C/C)C(=C)C. The van der Waals surface area contributed by atoms with E-state index in [4.69, 9.17) is 5.73 Å². The molecule has 22 heavy (non-hydrogen) atoms. The van der Waals surface area contributed by atoms with E-state index < -0.39 is 0 Å². The van der Waals surface area contributed by atoms with Crippen LogP contribution in [-0.4, -0.2) is 6.54 Å². The third-order valence-electron chi connectivity index (χ3n) is 3.89. The first-order valence-electron chi connectivity index (χ1n) is 8.51. The molecule has 0 rings (SSSR count). The van der Waals surface area contributed by atoms with Crippen LogP contribution in [0, 0.1) is 5.92 Å². The second kappa shape index (κ2) is 12.8. The molecular formula is C20H35NS. The molecule has 0 aliphatic rings. The van der Waals surface area contributed by atoms with Gasteiger partial charge in [0.15, 0.2) is 0 Å². The fourth-order valence-corrected chi connectivity index (χ4v) is 3.37. The van der Waals surface area contributed by atoms with Crippen LogP contribution in [0.25, 0.3) is 0 Å². The first-order chi connectivity index (χ1) is 10.5. The Morgan fingerprint density at radius 1 is 1.14 bits per heavy atom. The molecule has 1 unspecified atom stereocenters. The third kappa shape index (κ3) is 9.32. The van der Waals surface area contributed by atoms with Crippen molar-refractivity contribution in [3.05, 3.63) is 46.8 Å². The zero-order chi connectivity index (χ0) is 17.0. The number of hydrogen-bond acceptors (Lipinski definition) is 2. The average molecular weight is 322 g/mol. The number of hydrogen-bond donors (Lipinski definition) is 1. The van der Waals surface area contributed by atoms with Gasteiger partial charge in [0.2, 0.25) is 0 Å². The second-order valence-electron chi connectivity index (χ2n) is 6.00. The summed E-state index contributed by atoms with van der Waals surface area (Å²) in [5.41, 5.74) is 8.23. The van der Waals surface area contributed by atoms with Crippen LogP contribution in [-0.2, 0) is 0 Å². The Morgan fingerprint density at radius 2 is 1.82 bits per heavy atom. The molecule has 0 aliphatic heterocycles.